The first-order valence-corrected chi connectivity index (χ1v) is 9.79. The van der Waals surface area contributed by atoms with Crippen molar-refractivity contribution in [2.75, 3.05) is 19.6 Å². The summed E-state index contributed by atoms with van der Waals surface area (Å²) in [5, 5.41) is 3.88. The number of carbonyl (C=O) groups is 1. The molecule has 0 bridgehead atoms. The van der Waals surface area contributed by atoms with E-state index in [1.54, 1.807) is 24.5 Å². The highest BCUT2D eigenvalue weighted by atomic mass is 35.5. The number of carbonyl (C=O) groups excluding carboxylic acids is 1. The molecule has 8 heteroatoms. The topological polar surface area (TPSA) is 80.4 Å². The molecule has 29 heavy (non-hydrogen) atoms. The fourth-order valence-electron chi connectivity index (χ4n) is 3.57. The van der Waals surface area contributed by atoms with Gasteiger partial charge in [0.15, 0.2) is 0 Å². The lowest BCUT2D eigenvalue weighted by Crippen LogP contribution is -2.39. The van der Waals surface area contributed by atoms with Gasteiger partial charge < -0.3 is 14.3 Å². The molecule has 150 valence electrons. The Morgan fingerprint density at radius 3 is 2.93 bits per heavy atom. The van der Waals surface area contributed by atoms with Gasteiger partial charge in [-0.2, -0.15) is 4.98 Å². The number of hydrogen-bond acceptors (Lipinski definition) is 5. The van der Waals surface area contributed by atoms with Gasteiger partial charge in [-0.05, 0) is 37.3 Å². The Morgan fingerprint density at radius 1 is 1.34 bits per heavy atom. The highest BCUT2D eigenvalue weighted by Gasteiger charge is 2.18. The molecule has 0 fully saturated rings. The number of rotatable bonds is 5. The standard InChI is InChI=1S/C21H21ClN4O3/c1-14-24-21(28)18-11-15(22)4-5-19(18)26(14)16-6-8-25(9-7-16)13-20(27)23-12-17-3-2-10-29-17/h2-6,10-11H,7-9,12-13H2,1H3,(H,23,27). The molecule has 0 atom stereocenters. The van der Waals surface area contributed by atoms with Crippen molar-refractivity contribution in [3.63, 3.8) is 0 Å². The van der Waals surface area contributed by atoms with Gasteiger partial charge in [0.05, 0.1) is 30.3 Å². The van der Waals surface area contributed by atoms with E-state index in [0.29, 0.717) is 35.9 Å². The largest absolute Gasteiger partial charge is 0.467 e. The highest BCUT2D eigenvalue weighted by molar-refractivity contribution is 6.31. The third kappa shape index (κ3) is 4.26. The second kappa shape index (κ2) is 8.23. The fourth-order valence-corrected chi connectivity index (χ4v) is 3.75. The smallest absolute Gasteiger partial charge is 0.280 e. The van der Waals surface area contributed by atoms with Crippen LogP contribution in [0.5, 0.6) is 0 Å². The van der Waals surface area contributed by atoms with Crippen molar-refractivity contribution in [3.8, 4) is 0 Å². The van der Waals surface area contributed by atoms with Crippen LogP contribution in [0, 0.1) is 6.92 Å². The number of fused-ring (bicyclic) bond motifs is 1. The number of nitrogens with zero attached hydrogens (tertiary/aromatic N) is 3. The summed E-state index contributed by atoms with van der Waals surface area (Å²) >= 11 is 6.05. The average molecular weight is 413 g/mol. The van der Waals surface area contributed by atoms with Crippen molar-refractivity contribution < 1.29 is 9.21 Å². The van der Waals surface area contributed by atoms with Crippen LogP contribution in [0.1, 0.15) is 18.0 Å². The van der Waals surface area contributed by atoms with E-state index in [1.165, 1.54) is 0 Å². The Labute approximate surface area is 172 Å². The second-order valence-corrected chi connectivity index (χ2v) is 7.43. The zero-order valence-electron chi connectivity index (χ0n) is 16.0. The predicted molar refractivity (Wildman–Crippen MR) is 112 cm³/mol. The van der Waals surface area contributed by atoms with Gasteiger partial charge in [0.1, 0.15) is 11.6 Å². The lowest BCUT2D eigenvalue weighted by molar-refractivity contribution is -0.122. The molecule has 0 saturated heterocycles. The number of benzene rings is 1. The molecule has 0 unspecified atom stereocenters. The van der Waals surface area contributed by atoms with E-state index in [4.69, 9.17) is 16.0 Å². The Bertz CT molecular complexity index is 1130. The van der Waals surface area contributed by atoms with Crippen LogP contribution in [0.3, 0.4) is 0 Å². The molecule has 0 aliphatic carbocycles. The van der Waals surface area contributed by atoms with Crippen molar-refractivity contribution in [3.05, 3.63) is 69.6 Å². The minimum Gasteiger partial charge on any atom is -0.467 e. The number of aromatic nitrogens is 2. The van der Waals surface area contributed by atoms with Crippen LogP contribution in [0.15, 0.2) is 51.9 Å². The monoisotopic (exact) mass is 412 g/mol. The molecule has 1 aliphatic heterocycles. The molecular weight excluding hydrogens is 392 g/mol. The number of aryl methyl sites for hydroxylation is 1. The lowest BCUT2D eigenvalue weighted by Gasteiger charge is -2.27. The number of amides is 1. The van der Waals surface area contributed by atoms with Crippen molar-refractivity contribution in [1.82, 2.24) is 19.8 Å². The van der Waals surface area contributed by atoms with E-state index < -0.39 is 0 Å². The van der Waals surface area contributed by atoms with Crippen molar-refractivity contribution >= 4 is 34.1 Å². The zero-order chi connectivity index (χ0) is 20.4. The Hall–Kier alpha value is -2.90. The SMILES string of the molecule is Cc1nc(=O)c2cc(Cl)ccc2n1C1=CCN(CC(=O)NCc2ccco2)CC1. The fraction of sp³-hybridized carbons (Fsp3) is 0.286. The summed E-state index contributed by atoms with van der Waals surface area (Å²) in [6.07, 6.45) is 4.41. The van der Waals surface area contributed by atoms with E-state index in [0.717, 1.165) is 29.9 Å². The van der Waals surface area contributed by atoms with Gasteiger partial charge in [-0.25, -0.2) is 0 Å². The molecule has 1 aromatic carbocycles. The molecular formula is C21H21ClN4O3. The maximum atomic E-state index is 12.2. The summed E-state index contributed by atoms with van der Waals surface area (Å²) < 4.78 is 7.22. The second-order valence-electron chi connectivity index (χ2n) is 7.00. The first-order chi connectivity index (χ1) is 14.0. The van der Waals surface area contributed by atoms with E-state index in [1.807, 2.05) is 23.6 Å². The molecule has 0 radical (unpaired) electrons. The van der Waals surface area contributed by atoms with E-state index in [9.17, 15) is 9.59 Å². The summed E-state index contributed by atoms with van der Waals surface area (Å²) in [6.45, 7) is 3.91. The number of halogens is 1. The number of nitrogens with one attached hydrogen (secondary N) is 1. The minimum atomic E-state index is -0.275. The highest BCUT2D eigenvalue weighted by Crippen LogP contribution is 2.24. The van der Waals surface area contributed by atoms with Gasteiger partial charge in [-0.1, -0.05) is 17.7 Å². The van der Waals surface area contributed by atoms with Gasteiger partial charge in [0.2, 0.25) is 5.91 Å². The van der Waals surface area contributed by atoms with E-state index >= 15 is 0 Å². The van der Waals surface area contributed by atoms with Crippen LogP contribution >= 0.6 is 11.6 Å². The summed E-state index contributed by atoms with van der Waals surface area (Å²) in [6, 6.07) is 8.90. The lowest BCUT2D eigenvalue weighted by atomic mass is 10.1. The van der Waals surface area contributed by atoms with Gasteiger partial charge in [-0.3, -0.25) is 14.5 Å². The van der Waals surface area contributed by atoms with Gasteiger partial charge in [-0.15, -0.1) is 0 Å². The van der Waals surface area contributed by atoms with Gasteiger partial charge in [0.25, 0.3) is 5.56 Å². The molecule has 1 aliphatic rings. The van der Waals surface area contributed by atoms with E-state index in [2.05, 4.69) is 21.3 Å². The average Bonchev–Trinajstić information content (AvgIpc) is 3.22. The number of hydrogen-bond donors (Lipinski definition) is 1. The molecule has 3 heterocycles. The minimum absolute atomic E-state index is 0.0421. The molecule has 3 aromatic rings. The first kappa shape index (κ1) is 19.4. The molecule has 0 saturated carbocycles. The van der Waals surface area contributed by atoms with Crippen molar-refractivity contribution in [1.29, 1.82) is 0 Å². The third-order valence-corrected chi connectivity index (χ3v) is 5.22. The van der Waals surface area contributed by atoms with Crippen LogP contribution in [-0.2, 0) is 11.3 Å². The maximum Gasteiger partial charge on any atom is 0.280 e. The molecule has 1 N–H and O–H groups in total. The summed E-state index contributed by atoms with van der Waals surface area (Å²) in [4.78, 5) is 30.7. The number of furan rings is 1. The quantitative estimate of drug-likeness (QED) is 0.697. The van der Waals surface area contributed by atoms with E-state index in [-0.39, 0.29) is 11.5 Å². The van der Waals surface area contributed by atoms with Crippen LogP contribution in [0.2, 0.25) is 5.02 Å². The van der Waals surface area contributed by atoms with Gasteiger partial charge in [0, 0.05) is 30.2 Å². The van der Waals surface area contributed by atoms with Crippen LogP contribution in [0.4, 0.5) is 0 Å². The van der Waals surface area contributed by atoms with Crippen molar-refractivity contribution in [2.45, 2.75) is 19.9 Å². The maximum absolute atomic E-state index is 12.2. The van der Waals surface area contributed by atoms with Gasteiger partial charge >= 0.3 is 0 Å². The molecule has 0 spiro atoms. The summed E-state index contributed by atoms with van der Waals surface area (Å²) in [7, 11) is 0. The Morgan fingerprint density at radius 2 is 2.21 bits per heavy atom. The normalized spacial score (nSPS) is 14.8. The first-order valence-electron chi connectivity index (χ1n) is 9.41. The zero-order valence-corrected chi connectivity index (χ0v) is 16.8. The molecule has 2 aromatic heterocycles. The molecule has 7 nitrogen and oxygen atoms in total. The summed E-state index contributed by atoms with van der Waals surface area (Å²) in [5.74, 6) is 1.33. The molecule has 1 amide bonds. The summed E-state index contributed by atoms with van der Waals surface area (Å²) in [5.41, 5.74) is 1.58. The molecule has 4 rings (SSSR count). The predicted octanol–water partition coefficient (Wildman–Crippen LogP) is 2.81. The van der Waals surface area contributed by atoms with Crippen LogP contribution in [0.25, 0.3) is 16.6 Å². The Kier molecular flexibility index (Phi) is 5.51. The Balaban J connectivity index is 1.47. The third-order valence-electron chi connectivity index (χ3n) is 4.98. The van der Waals surface area contributed by atoms with Crippen LogP contribution in [-0.4, -0.2) is 40.0 Å². The van der Waals surface area contributed by atoms with Crippen molar-refractivity contribution in [2.24, 2.45) is 0 Å². The van der Waals surface area contributed by atoms with Crippen LogP contribution < -0.4 is 10.9 Å².